The molecular formula is C21H23N3O5S. The molecule has 0 unspecified atom stereocenters. The molecule has 30 heavy (non-hydrogen) atoms. The van der Waals surface area contributed by atoms with Crippen molar-refractivity contribution in [3.63, 3.8) is 0 Å². The molecule has 4 rings (SSSR count). The van der Waals surface area contributed by atoms with Crippen LogP contribution in [0.15, 0.2) is 52.4 Å². The van der Waals surface area contributed by atoms with Crippen LogP contribution >= 0.6 is 0 Å². The topological polar surface area (TPSA) is 97.3 Å². The van der Waals surface area contributed by atoms with Crippen LogP contribution in [0.2, 0.25) is 0 Å². The van der Waals surface area contributed by atoms with Gasteiger partial charge in [-0.2, -0.15) is 0 Å². The summed E-state index contributed by atoms with van der Waals surface area (Å²) in [5, 5.41) is 0. The fraction of sp³-hybridized carbons (Fsp3) is 0.333. The number of carbonyl (C=O) groups excluding carboxylic acids is 1. The number of amidine groups is 1. The number of benzene rings is 2. The van der Waals surface area contributed by atoms with Gasteiger partial charge in [-0.1, -0.05) is 12.1 Å². The molecule has 2 aromatic carbocycles. The molecule has 0 bridgehead atoms. The van der Waals surface area contributed by atoms with Gasteiger partial charge in [0.05, 0.1) is 25.2 Å². The molecule has 0 spiro atoms. The van der Waals surface area contributed by atoms with Gasteiger partial charge < -0.3 is 14.4 Å². The Morgan fingerprint density at radius 1 is 1.20 bits per heavy atom. The lowest BCUT2D eigenvalue weighted by Gasteiger charge is -2.26. The van der Waals surface area contributed by atoms with Gasteiger partial charge >= 0.3 is 0 Å². The third kappa shape index (κ3) is 3.60. The van der Waals surface area contributed by atoms with Gasteiger partial charge in [0, 0.05) is 23.7 Å². The van der Waals surface area contributed by atoms with E-state index in [1.165, 1.54) is 6.07 Å². The molecule has 0 aliphatic carbocycles. The highest BCUT2D eigenvalue weighted by Gasteiger charge is 2.33. The highest BCUT2D eigenvalue weighted by atomic mass is 32.2. The Balaban J connectivity index is 1.55. The van der Waals surface area contributed by atoms with Crippen molar-refractivity contribution >= 4 is 21.8 Å². The molecule has 1 atom stereocenters. The summed E-state index contributed by atoms with van der Waals surface area (Å²) in [6, 6.07) is 12.1. The first-order valence-electron chi connectivity index (χ1n) is 9.62. The number of amides is 1. The van der Waals surface area contributed by atoms with Crippen molar-refractivity contribution in [2.24, 2.45) is 4.99 Å². The minimum absolute atomic E-state index is 0.119. The van der Waals surface area contributed by atoms with Crippen LogP contribution in [0.4, 0.5) is 0 Å². The SMILES string of the molecule is COc1ccc([C@@H]2CCCN2C(=O)CN=C2NS(=O)(=O)c3ccccc32)c(OC)c1. The summed E-state index contributed by atoms with van der Waals surface area (Å²) in [5.41, 5.74) is 1.41. The predicted molar refractivity (Wildman–Crippen MR) is 111 cm³/mol. The molecule has 1 N–H and O–H groups in total. The monoisotopic (exact) mass is 429 g/mol. The Morgan fingerprint density at radius 2 is 2.00 bits per heavy atom. The number of methoxy groups -OCH3 is 2. The number of rotatable bonds is 5. The van der Waals surface area contributed by atoms with Crippen molar-refractivity contribution in [1.82, 2.24) is 9.62 Å². The molecule has 0 aromatic heterocycles. The van der Waals surface area contributed by atoms with Crippen molar-refractivity contribution in [2.75, 3.05) is 27.3 Å². The Bertz CT molecular complexity index is 1110. The third-order valence-electron chi connectivity index (χ3n) is 5.41. The zero-order chi connectivity index (χ0) is 21.3. The predicted octanol–water partition coefficient (Wildman–Crippen LogP) is 2.11. The second-order valence-electron chi connectivity index (χ2n) is 7.12. The summed E-state index contributed by atoms with van der Waals surface area (Å²) in [6.07, 6.45) is 1.69. The third-order valence-corrected chi connectivity index (χ3v) is 6.81. The Hall–Kier alpha value is -3.07. The second kappa shape index (κ2) is 7.98. The average Bonchev–Trinajstić information content (AvgIpc) is 3.34. The van der Waals surface area contributed by atoms with Gasteiger partial charge in [0.1, 0.15) is 23.9 Å². The molecule has 1 fully saturated rings. The number of likely N-dealkylation sites (tertiary alicyclic amines) is 1. The van der Waals surface area contributed by atoms with Gasteiger partial charge in [0.15, 0.2) is 0 Å². The number of carbonyl (C=O) groups is 1. The summed E-state index contributed by atoms with van der Waals surface area (Å²) >= 11 is 0. The van der Waals surface area contributed by atoms with E-state index in [4.69, 9.17) is 9.47 Å². The van der Waals surface area contributed by atoms with Gasteiger partial charge in [-0.3, -0.25) is 14.5 Å². The molecule has 0 saturated carbocycles. The zero-order valence-corrected chi connectivity index (χ0v) is 17.6. The maximum atomic E-state index is 13.0. The van der Waals surface area contributed by atoms with Crippen molar-refractivity contribution in [3.8, 4) is 11.5 Å². The minimum atomic E-state index is -3.63. The van der Waals surface area contributed by atoms with Crippen molar-refractivity contribution in [2.45, 2.75) is 23.8 Å². The number of aliphatic imine (C=N–C) groups is 1. The fourth-order valence-corrected chi connectivity index (χ4v) is 5.22. The van der Waals surface area contributed by atoms with Gasteiger partial charge in [-0.05, 0) is 37.1 Å². The van der Waals surface area contributed by atoms with E-state index in [-0.39, 0.29) is 29.2 Å². The molecule has 0 radical (unpaired) electrons. The number of hydrogen-bond acceptors (Lipinski definition) is 6. The van der Waals surface area contributed by atoms with Gasteiger partial charge in [-0.25, -0.2) is 8.42 Å². The van der Waals surface area contributed by atoms with E-state index in [0.29, 0.717) is 23.6 Å². The highest BCUT2D eigenvalue weighted by molar-refractivity contribution is 7.90. The summed E-state index contributed by atoms with van der Waals surface area (Å²) in [4.78, 5) is 19.2. The Labute approximate surface area is 175 Å². The smallest absolute Gasteiger partial charge is 0.263 e. The molecule has 2 aliphatic heterocycles. The van der Waals surface area contributed by atoms with Crippen molar-refractivity contribution < 1.29 is 22.7 Å². The summed E-state index contributed by atoms with van der Waals surface area (Å²) < 4.78 is 37.6. The average molecular weight is 429 g/mol. The zero-order valence-electron chi connectivity index (χ0n) is 16.8. The van der Waals surface area contributed by atoms with Crippen LogP contribution in [0.25, 0.3) is 0 Å². The molecule has 2 heterocycles. The quantitative estimate of drug-likeness (QED) is 0.785. The molecular weight excluding hydrogens is 406 g/mol. The molecule has 1 saturated heterocycles. The van der Waals surface area contributed by atoms with E-state index >= 15 is 0 Å². The number of fused-ring (bicyclic) bond motifs is 1. The van der Waals surface area contributed by atoms with Crippen LogP contribution in [-0.4, -0.2) is 52.4 Å². The number of ether oxygens (including phenoxy) is 2. The maximum absolute atomic E-state index is 13.0. The van der Waals surface area contributed by atoms with Crippen LogP contribution in [-0.2, 0) is 14.8 Å². The number of hydrogen-bond donors (Lipinski definition) is 1. The molecule has 2 aromatic rings. The van der Waals surface area contributed by atoms with Crippen LogP contribution in [0.3, 0.4) is 0 Å². The van der Waals surface area contributed by atoms with Crippen LogP contribution in [0.5, 0.6) is 11.5 Å². The standard InChI is InChI=1S/C21H23N3O5S/c1-28-14-9-10-15(18(12-14)29-2)17-7-5-11-24(17)20(25)13-22-21-16-6-3-4-8-19(16)30(26,27)23-21/h3-4,6,8-10,12,17H,5,7,11,13H2,1-2H3,(H,22,23)/t17-/m0/s1. The number of nitrogens with one attached hydrogen (secondary N) is 1. The first-order valence-corrected chi connectivity index (χ1v) is 11.1. The summed E-state index contributed by atoms with van der Waals surface area (Å²) in [7, 11) is -0.441. The van der Waals surface area contributed by atoms with E-state index in [2.05, 4.69) is 9.71 Å². The summed E-state index contributed by atoms with van der Waals surface area (Å²) in [6.45, 7) is 0.479. The molecule has 1 amide bonds. The van der Waals surface area contributed by atoms with Crippen molar-refractivity contribution in [1.29, 1.82) is 0 Å². The lowest BCUT2D eigenvalue weighted by Crippen LogP contribution is -2.33. The molecule has 2 aliphatic rings. The van der Waals surface area contributed by atoms with Gasteiger partial charge in [0.2, 0.25) is 5.91 Å². The summed E-state index contributed by atoms with van der Waals surface area (Å²) in [5.74, 6) is 1.40. The first kappa shape index (κ1) is 20.2. The highest BCUT2D eigenvalue weighted by Crippen LogP contribution is 2.38. The van der Waals surface area contributed by atoms with Crippen LogP contribution in [0, 0.1) is 0 Å². The van der Waals surface area contributed by atoms with E-state index < -0.39 is 10.0 Å². The lowest BCUT2D eigenvalue weighted by molar-refractivity contribution is -0.130. The van der Waals surface area contributed by atoms with Gasteiger partial charge in [-0.15, -0.1) is 0 Å². The van der Waals surface area contributed by atoms with Crippen LogP contribution < -0.4 is 14.2 Å². The Kier molecular flexibility index (Phi) is 5.38. The number of sulfonamides is 1. The fourth-order valence-electron chi connectivity index (χ4n) is 3.97. The van der Waals surface area contributed by atoms with E-state index in [9.17, 15) is 13.2 Å². The number of nitrogens with zero attached hydrogens (tertiary/aromatic N) is 2. The molecule has 158 valence electrons. The van der Waals surface area contributed by atoms with E-state index in [1.54, 1.807) is 43.4 Å². The second-order valence-corrected chi connectivity index (χ2v) is 8.77. The molecule has 9 heteroatoms. The van der Waals surface area contributed by atoms with Crippen molar-refractivity contribution in [3.05, 3.63) is 53.6 Å². The van der Waals surface area contributed by atoms with E-state index in [0.717, 1.165) is 18.4 Å². The molecule has 8 nitrogen and oxygen atoms in total. The van der Waals surface area contributed by atoms with Gasteiger partial charge in [0.25, 0.3) is 10.0 Å². The first-order chi connectivity index (χ1) is 14.4. The van der Waals surface area contributed by atoms with E-state index in [1.807, 2.05) is 12.1 Å². The normalized spacial score (nSPS) is 20.7. The maximum Gasteiger partial charge on any atom is 0.263 e. The Morgan fingerprint density at radius 3 is 2.77 bits per heavy atom. The van der Waals surface area contributed by atoms with Crippen LogP contribution in [0.1, 0.15) is 30.0 Å². The lowest BCUT2D eigenvalue weighted by atomic mass is 10.0. The largest absolute Gasteiger partial charge is 0.497 e. The minimum Gasteiger partial charge on any atom is -0.497 e.